The number of halogens is 1. The van der Waals surface area contributed by atoms with Crippen molar-refractivity contribution in [2.45, 2.75) is 6.04 Å². The molecule has 1 aliphatic rings. The molecule has 2 N–H and O–H groups in total. The number of rotatable bonds is 7. The summed E-state index contributed by atoms with van der Waals surface area (Å²) in [6, 6.07) is 6.53. The zero-order valence-electron chi connectivity index (χ0n) is 15.2. The highest BCUT2D eigenvalue weighted by molar-refractivity contribution is 7.90. The fourth-order valence-corrected chi connectivity index (χ4v) is 3.27. The number of nitrogens with zero attached hydrogens (tertiary/aromatic N) is 2. The molecule has 1 fully saturated rings. The first-order valence-corrected chi connectivity index (χ1v) is 10.6. The van der Waals surface area contributed by atoms with Gasteiger partial charge in [0.25, 0.3) is 0 Å². The van der Waals surface area contributed by atoms with Crippen LogP contribution in [0.1, 0.15) is 11.6 Å². The molecule has 0 spiro atoms. The summed E-state index contributed by atoms with van der Waals surface area (Å²) >= 11 is 0. The van der Waals surface area contributed by atoms with Crippen LogP contribution in [0.2, 0.25) is 0 Å². The maximum Gasteiger partial charge on any atom is 0.191 e. The Balaban J connectivity index is 2.00. The predicted molar refractivity (Wildman–Crippen MR) is 101 cm³/mol. The van der Waals surface area contributed by atoms with Crippen molar-refractivity contribution in [2.24, 2.45) is 4.99 Å². The number of ether oxygens (including phenoxy) is 1. The molecule has 2 rings (SSSR count). The topological polar surface area (TPSA) is 83.0 Å². The minimum absolute atomic E-state index is 0.0351. The quantitative estimate of drug-likeness (QED) is 0.522. The summed E-state index contributed by atoms with van der Waals surface area (Å²) in [5.41, 5.74) is 1.01. The van der Waals surface area contributed by atoms with Crippen LogP contribution in [-0.4, -0.2) is 77.7 Å². The average Bonchev–Trinajstić information content (AvgIpc) is 2.61. The van der Waals surface area contributed by atoms with Crippen molar-refractivity contribution in [3.05, 3.63) is 35.6 Å². The molecule has 0 radical (unpaired) electrons. The van der Waals surface area contributed by atoms with Gasteiger partial charge in [0, 0.05) is 39.5 Å². The Labute approximate surface area is 154 Å². The summed E-state index contributed by atoms with van der Waals surface area (Å²) in [6.45, 7) is 3.77. The van der Waals surface area contributed by atoms with E-state index in [0.717, 1.165) is 18.7 Å². The van der Waals surface area contributed by atoms with Gasteiger partial charge in [-0.3, -0.25) is 9.89 Å². The van der Waals surface area contributed by atoms with Crippen molar-refractivity contribution in [3.63, 3.8) is 0 Å². The standard InChI is InChI=1S/C17H27FN4O3S/c1-19-17(20-7-12-26(2,23)24)21-13-16(22-8-10-25-11-9-22)14-3-5-15(18)6-4-14/h3-6,16H,7-13H2,1-2H3,(H2,19,20,21). The van der Waals surface area contributed by atoms with Gasteiger partial charge in [0.15, 0.2) is 5.96 Å². The van der Waals surface area contributed by atoms with Gasteiger partial charge < -0.3 is 15.4 Å². The van der Waals surface area contributed by atoms with E-state index in [-0.39, 0.29) is 24.2 Å². The summed E-state index contributed by atoms with van der Waals surface area (Å²) < 4.78 is 41.2. The number of aliphatic imine (C=N–C) groups is 1. The first-order valence-electron chi connectivity index (χ1n) is 8.58. The normalized spacial score (nSPS) is 17.7. The maximum atomic E-state index is 13.3. The van der Waals surface area contributed by atoms with Gasteiger partial charge in [-0.25, -0.2) is 12.8 Å². The SMILES string of the molecule is CN=C(NCCS(C)(=O)=O)NCC(c1ccc(F)cc1)N1CCOCC1. The molecule has 1 heterocycles. The van der Waals surface area contributed by atoms with E-state index in [4.69, 9.17) is 4.74 Å². The molecule has 0 aromatic heterocycles. The Morgan fingerprint density at radius 1 is 1.27 bits per heavy atom. The largest absolute Gasteiger partial charge is 0.379 e. The van der Waals surface area contributed by atoms with Crippen LogP contribution in [0.25, 0.3) is 0 Å². The van der Waals surface area contributed by atoms with E-state index >= 15 is 0 Å². The van der Waals surface area contributed by atoms with Crippen molar-refractivity contribution in [1.82, 2.24) is 15.5 Å². The zero-order chi connectivity index (χ0) is 19.0. The fraction of sp³-hybridized carbons (Fsp3) is 0.588. The Bertz CT molecular complexity index is 688. The van der Waals surface area contributed by atoms with E-state index in [0.29, 0.717) is 25.7 Å². The molecular weight excluding hydrogens is 359 g/mol. The van der Waals surface area contributed by atoms with E-state index in [9.17, 15) is 12.8 Å². The number of sulfone groups is 1. The summed E-state index contributed by atoms with van der Waals surface area (Å²) in [5.74, 6) is 0.313. The Morgan fingerprint density at radius 2 is 1.92 bits per heavy atom. The molecule has 26 heavy (non-hydrogen) atoms. The lowest BCUT2D eigenvalue weighted by Gasteiger charge is -2.35. The van der Waals surface area contributed by atoms with Crippen LogP contribution in [-0.2, 0) is 14.6 Å². The highest BCUT2D eigenvalue weighted by Gasteiger charge is 2.23. The molecule has 1 aromatic rings. The third-order valence-electron chi connectivity index (χ3n) is 4.19. The van der Waals surface area contributed by atoms with Gasteiger partial charge in [-0.1, -0.05) is 12.1 Å². The van der Waals surface area contributed by atoms with Crippen molar-refractivity contribution in [3.8, 4) is 0 Å². The number of hydrogen-bond acceptors (Lipinski definition) is 5. The molecule has 1 saturated heterocycles. The van der Waals surface area contributed by atoms with Gasteiger partial charge in [0.2, 0.25) is 0 Å². The smallest absolute Gasteiger partial charge is 0.191 e. The molecule has 7 nitrogen and oxygen atoms in total. The average molecular weight is 386 g/mol. The van der Waals surface area contributed by atoms with Gasteiger partial charge in [0.05, 0.1) is 25.0 Å². The molecule has 0 amide bonds. The summed E-state index contributed by atoms with van der Waals surface area (Å²) in [4.78, 5) is 6.41. The molecular formula is C17H27FN4O3S. The molecule has 146 valence electrons. The molecule has 1 unspecified atom stereocenters. The van der Waals surface area contributed by atoms with Crippen molar-refractivity contribution < 1.29 is 17.5 Å². The third kappa shape index (κ3) is 6.89. The van der Waals surface area contributed by atoms with Crippen molar-refractivity contribution >= 4 is 15.8 Å². The number of benzene rings is 1. The maximum absolute atomic E-state index is 13.3. The molecule has 0 bridgehead atoms. The summed E-state index contributed by atoms with van der Waals surface area (Å²) in [6.07, 6.45) is 1.20. The first kappa shape index (κ1) is 20.6. The van der Waals surface area contributed by atoms with Gasteiger partial charge in [0.1, 0.15) is 15.7 Å². The van der Waals surface area contributed by atoms with Crippen LogP contribution in [0, 0.1) is 5.82 Å². The third-order valence-corrected chi connectivity index (χ3v) is 5.14. The van der Waals surface area contributed by atoms with E-state index in [2.05, 4.69) is 20.5 Å². The summed E-state index contributed by atoms with van der Waals surface area (Å²) in [7, 11) is -1.39. The minimum Gasteiger partial charge on any atom is -0.379 e. The number of hydrogen-bond donors (Lipinski definition) is 2. The molecule has 0 aliphatic carbocycles. The predicted octanol–water partition coefficient (Wildman–Crippen LogP) is 0.409. The van der Waals surface area contributed by atoms with Crippen LogP contribution in [0.3, 0.4) is 0 Å². The molecule has 1 aliphatic heterocycles. The zero-order valence-corrected chi connectivity index (χ0v) is 16.1. The van der Waals surface area contributed by atoms with Gasteiger partial charge in [-0.15, -0.1) is 0 Å². The lowest BCUT2D eigenvalue weighted by molar-refractivity contribution is 0.0170. The van der Waals surface area contributed by atoms with Crippen LogP contribution in [0.5, 0.6) is 0 Å². The summed E-state index contributed by atoms with van der Waals surface area (Å²) in [5, 5.41) is 6.24. The second kappa shape index (κ2) is 9.84. The van der Waals surface area contributed by atoms with Crippen molar-refractivity contribution in [1.29, 1.82) is 0 Å². The highest BCUT2D eigenvalue weighted by atomic mass is 32.2. The number of nitrogens with one attached hydrogen (secondary N) is 2. The highest BCUT2D eigenvalue weighted by Crippen LogP contribution is 2.21. The second-order valence-electron chi connectivity index (χ2n) is 6.23. The van der Waals surface area contributed by atoms with Gasteiger partial charge in [-0.05, 0) is 17.7 Å². The Morgan fingerprint density at radius 3 is 2.50 bits per heavy atom. The lowest BCUT2D eigenvalue weighted by atomic mass is 10.0. The molecule has 0 saturated carbocycles. The van der Waals surface area contributed by atoms with Crippen LogP contribution < -0.4 is 10.6 Å². The van der Waals surface area contributed by atoms with Crippen molar-refractivity contribution in [2.75, 3.05) is 58.4 Å². The van der Waals surface area contributed by atoms with Crippen LogP contribution >= 0.6 is 0 Å². The van der Waals surface area contributed by atoms with Crippen LogP contribution in [0.4, 0.5) is 4.39 Å². The van der Waals surface area contributed by atoms with E-state index < -0.39 is 9.84 Å². The van der Waals surface area contributed by atoms with Gasteiger partial charge >= 0.3 is 0 Å². The Hall–Kier alpha value is -1.71. The number of morpholine rings is 1. The molecule has 1 atom stereocenters. The minimum atomic E-state index is -3.03. The fourth-order valence-electron chi connectivity index (χ4n) is 2.80. The van der Waals surface area contributed by atoms with E-state index in [1.54, 1.807) is 19.2 Å². The van der Waals surface area contributed by atoms with Gasteiger partial charge in [-0.2, -0.15) is 0 Å². The first-order chi connectivity index (χ1) is 12.4. The Kier molecular flexibility index (Phi) is 7.80. The molecule has 9 heteroatoms. The lowest BCUT2D eigenvalue weighted by Crippen LogP contribution is -2.46. The number of guanidine groups is 1. The second-order valence-corrected chi connectivity index (χ2v) is 8.49. The molecule has 1 aromatic carbocycles. The van der Waals surface area contributed by atoms with E-state index in [1.807, 2.05) is 0 Å². The van der Waals surface area contributed by atoms with E-state index in [1.165, 1.54) is 18.4 Å². The van der Waals surface area contributed by atoms with Crippen LogP contribution in [0.15, 0.2) is 29.3 Å². The monoisotopic (exact) mass is 386 g/mol.